The van der Waals surface area contributed by atoms with Crippen molar-refractivity contribution in [3.8, 4) is 0 Å². The van der Waals surface area contributed by atoms with Crippen molar-refractivity contribution >= 4 is 40.5 Å². The molecule has 0 saturated heterocycles. The lowest BCUT2D eigenvalue weighted by Crippen LogP contribution is -1.76. The van der Waals surface area contributed by atoms with Crippen LogP contribution in [0.1, 0.15) is 10.4 Å². The Kier molecular flexibility index (Phi) is 2.02. The minimum atomic E-state index is 0.153. The Labute approximate surface area is 84.0 Å². The third kappa shape index (κ3) is 1.32. The van der Waals surface area contributed by atoms with Gasteiger partial charge in [-0.25, -0.2) is 0 Å². The summed E-state index contributed by atoms with van der Waals surface area (Å²) in [6, 6.07) is 4.95. The van der Waals surface area contributed by atoms with Crippen LogP contribution in [-0.4, -0.2) is 6.29 Å². The highest BCUT2D eigenvalue weighted by atomic mass is 35.5. The van der Waals surface area contributed by atoms with Crippen molar-refractivity contribution < 1.29 is 9.21 Å². The molecule has 0 atom stereocenters. The second kappa shape index (κ2) is 3.05. The lowest BCUT2D eigenvalue weighted by atomic mass is 10.2. The average Bonchev–Trinajstić information content (AvgIpc) is 2.43. The molecule has 0 radical (unpaired) electrons. The number of carbonyl (C=O) groups is 1. The molecule has 13 heavy (non-hydrogen) atoms. The van der Waals surface area contributed by atoms with Crippen molar-refractivity contribution in [2.75, 3.05) is 0 Å². The van der Waals surface area contributed by atoms with Crippen molar-refractivity contribution in [2.45, 2.75) is 0 Å². The lowest BCUT2D eigenvalue weighted by Gasteiger charge is -1.89. The van der Waals surface area contributed by atoms with Crippen molar-refractivity contribution in [1.29, 1.82) is 0 Å². The number of halogens is 2. The van der Waals surface area contributed by atoms with E-state index in [-0.39, 0.29) is 5.22 Å². The molecule has 66 valence electrons. The fourth-order valence-corrected chi connectivity index (χ4v) is 1.50. The molecule has 0 unspecified atom stereocenters. The Morgan fingerprint density at radius 1 is 1.31 bits per heavy atom. The van der Waals surface area contributed by atoms with E-state index in [4.69, 9.17) is 27.6 Å². The second-order valence-corrected chi connectivity index (χ2v) is 3.28. The first-order valence-corrected chi connectivity index (χ1v) is 4.30. The molecule has 0 saturated carbocycles. The van der Waals surface area contributed by atoms with Crippen LogP contribution in [0.15, 0.2) is 22.6 Å². The summed E-state index contributed by atoms with van der Waals surface area (Å²) >= 11 is 11.5. The molecular formula is C9H4Cl2O2. The summed E-state index contributed by atoms with van der Waals surface area (Å²) in [5, 5.41) is 1.16. The Balaban J connectivity index is 2.81. The lowest BCUT2D eigenvalue weighted by molar-refractivity contribution is 0.112. The number of aldehydes is 1. The van der Waals surface area contributed by atoms with E-state index in [2.05, 4.69) is 0 Å². The third-order valence-corrected chi connectivity index (χ3v) is 2.49. The van der Waals surface area contributed by atoms with Gasteiger partial charge in [0.1, 0.15) is 16.9 Å². The van der Waals surface area contributed by atoms with E-state index in [0.29, 0.717) is 21.6 Å². The van der Waals surface area contributed by atoms with Gasteiger partial charge in [0.2, 0.25) is 5.22 Å². The first-order valence-electron chi connectivity index (χ1n) is 3.55. The van der Waals surface area contributed by atoms with E-state index in [1.165, 1.54) is 0 Å². The summed E-state index contributed by atoms with van der Waals surface area (Å²) in [7, 11) is 0. The van der Waals surface area contributed by atoms with Crippen LogP contribution in [0, 0.1) is 0 Å². The molecule has 2 nitrogen and oxygen atoms in total. The predicted octanol–water partition coefficient (Wildman–Crippen LogP) is 3.55. The SMILES string of the molecule is O=Cc1ccc2oc(Cl)c(Cl)c2c1. The summed E-state index contributed by atoms with van der Waals surface area (Å²) in [5.74, 6) is 0. The highest BCUT2D eigenvalue weighted by Gasteiger charge is 2.10. The number of fused-ring (bicyclic) bond motifs is 1. The zero-order chi connectivity index (χ0) is 9.42. The van der Waals surface area contributed by atoms with Crippen LogP contribution in [0.2, 0.25) is 10.2 Å². The molecule has 1 aromatic heterocycles. The monoisotopic (exact) mass is 214 g/mol. The maximum Gasteiger partial charge on any atom is 0.213 e. The molecule has 4 heteroatoms. The molecule has 0 N–H and O–H groups in total. The van der Waals surface area contributed by atoms with Gasteiger partial charge in [-0.3, -0.25) is 4.79 Å². The molecular weight excluding hydrogens is 211 g/mol. The first-order chi connectivity index (χ1) is 6.22. The highest BCUT2D eigenvalue weighted by molar-refractivity contribution is 6.44. The van der Waals surface area contributed by atoms with Crippen molar-refractivity contribution in [3.05, 3.63) is 34.0 Å². The van der Waals surface area contributed by atoms with Crippen molar-refractivity contribution in [2.24, 2.45) is 0 Å². The zero-order valence-electron chi connectivity index (χ0n) is 6.38. The van der Waals surface area contributed by atoms with Crippen LogP contribution in [0.5, 0.6) is 0 Å². The molecule has 1 aromatic carbocycles. The fourth-order valence-electron chi connectivity index (χ4n) is 1.13. The number of hydrogen-bond donors (Lipinski definition) is 0. The first kappa shape index (κ1) is 8.60. The minimum absolute atomic E-state index is 0.153. The molecule has 2 aromatic rings. The van der Waals surface area contributed by atoms with Crippen LogP contribution in [-0.2, 0) is 0 Å². The Morgan fingerprint density at radius 3 is 2.77 bits per heavy atom. The summed E-state index contributed by atoms with van der Waals surface area (Å²) in [6.07, 6.45) is 0.747. The fraction of sp³-hybridized carbons (Fsp3) is 0. The second-order valence-electron chi connectivity index (χ2n) is 2.56. The Morgan fingerprint density at radius 2 is 2.08 bits per heavy atom. The summed E-state index contributed by atoms with van der Waals surface area (Å²) < 4.78 is 5.12. The maximum absolute atomic E-state index is 10.5. The van der Waals surface area contributed by atoms with Crippen molar-refractivity contribution in [3.63, 3.8) is 0 Å². The van der Waals surface area contributed by atoms with E-state index in [1.54, 1.807) is 18.2 Å². The van der Waals surface area contributed by atoms with Crippen LogP contribution >= 0.6 is 23.2 Å². The summed E-state index contributed by atoms with van der Waals surface area (Å²) in [4.78, 5) is 10.5. The van der Waals surface area contributed by atoms with Gasteiger partial charge in [-0.15, -0.1) is 0 Å². The predicted molar refractivity (Wildman–Crippen MR) is 51.6 cm³/mol. The molecule has 0 aliphatic heterocycles. The summed E-state index contributed by atoms with van der Waals surface area (Å²) in [6.45, 7) is 0. The molecule has 0 fully saturated rings. The van der Waals surface area contributed by atoms with E-state index in [9.17, 15) is 4.79 Å². The Hall–Kier alpha value is -0.990. The van der Waals surface area contributed by atoms with E-state index in [1.807, 2.05) is 0 Å². The molecule has 0 aliphatic rings. The third-order valence-electron chi connectivity index (χ3n) is 1.75. The molecule has 0 spiro atoms. The number of rotatable bonds is 1. The number of furan rings is 1. The zero-order valence-corrected chi connectivity index (χ0v) is 7.89. The van der Waals surface area contributed by atoms with Gasteiger partial charge in [-0.2, -0.15) is 0 Å². The molecule has 0 amide bonds. The van der Waals surface area contributed by atoms with Gasteiger partial charge in [-0.05, 0) is 29.8 Å². The molecule has 0 aliphatic carbocycles. The highest BCUT2D eigenvalue weighted by Crippen LogP contribution is 2.34. The van der Waals surface area contributed by atoms with Crippen LogP contribution in [0.3, 0.4) is 0 Å². The topological polar surface area (TPSA) is 30.2 Å². The molecule has 0 bridgehead atoms. The molecule has 1 heterocycles. The van der Waals surface area contributed by atoms with Crippen LogP contribution in [0.25, 0.3) is 11.0 Å². The van der Waals surface area contributed by atoms with Gasteiger partial charge in [-0.1, -0.05) is 11.6 Å². The van der Waals surface area contributed by atoms with Gasteiger partial charge in [0.15, 0.2) is 0 Å². The smallest absolute Gasteiger partial charge is 0.213 e. The Bertz CT molecular complexity index is 474. The van der Waals surface area contributed by atoms with Crippen LogP contribution < -0.4 is 0 Å². The minimum Gasteiger partial charge on any atom is -0.443 e. The number of benzene rings is 1. The summed E-state index contributed by atoms with van der Waals surface area (Å²) in [5.41, 5.74) is 1.13. The number of carbonyl (C=O) groups excluding carboxylic acids is 1. The van der Waals surface area contributed by atoms with E-state index >= 15 is 0 Å². The van der Waals surface area contributed by atoms with Gasteiger partial charge >= 0.3 is 0 Å². The van der Waals surface area contributed by atoms with E-state index in [0.717, 1.165) is 6.29 Å². The van der Waals surface area contributed by atoms with Crippen LogP contribution in [0.4, 0.5) is 0 Å². The molecule has 2 rings (SSSR count). The van der Waals surface area contributed by atoms with Crippen molar-refractivity contribution in [1.82, 2.24) is 0 Å². The maximum atomic E-state index is 10.5. The quantitative estimate of drug-likeness (QED) is 0.680. The van der Waals surface area contributed by atoms with Gasteiger partial charge < -0.3 is 4.42 Å². The van der Waals surface area contributed by atoms with Gasteiger partial charge in [0.05, 0.1) is 0 Å². The normalized spacial score (nSPS) is 10.6. The average molecular weight is 215 g/mol. The number of hydrogen-bond acceptors (Lipinski definition) is 2. The van der Waals surface area contributed by atoms with E-state index < -0.39 is 0 Å². The van der Waals surface area contributed by atoms with Gasteiger partial charge in [0, 0.05) is 10.9 Å². The standard InChI is InChI=1S/C9H4Cl2O2/c10-8-6-3-5(4-12)1-2-7(6)13-9(8)11/h1-4H. The van der Waals surface area contributed by atoms with Gasteiger partial charge in [0.25, 0.3) is 0 Å². The largest absolute Gasteiger partial charge is 0.443 e.